The Morgan fingerprint density at radius 2 is 2.11 bits per heavy atom. The maximum Gasteiger partial charge on any atom is 0.387 e. The van der Waals surface area contributed by atoms with Gasteiger partial charge in [0.2, 0.25) is 6.10 Å². The molecule has 2 aromatic carbocycles. The summed E-state index contributed by atoms with van der Waals surface area (Å²) in [6, 6.07) is 9.71. The van der Waals surface area contributed by atoms with E-state index < -0.39 is 18.6 Å². The number of hydrogen-bond donors (Lipinski definition) is 1. The minimum Gasteiger partial charge on any atom is -0.493 e. The molecule has 0 fully saturated rings. The van der Waals surface area contributed by atoms with Crippen LogP contribution in [0.3, 0.4) is 0 Å². The minimum atomic E-state index is -3.05. The van der Waals surface area contributed by atoms with Crippen molar-refractivity contribution in [2.75, 3.05) is 13.7 Å². The van der Waals surface area contributed by atoms with Gasteiger partial charge in [0.15, 0.2) is 23.0 Å². The zero-order chi connectivity index (χ0) is 20.1. The molecule has 1 N–H and O–H groups in total. The first-order chi connectivity index (χ1) is 13.5. The first-order valence-corrected chi connectivity index (χ1v) is 8.39. The highest BCUT2D eigenvalue weighted by Crippen LogP contribution is 2.37. The fourth-order valence-corrected chi connectivity index (χ4v) is 2.67. The summed E-state index contributed by atoms with van der Waals surface area (Å²) in [5.74, 6) is 0.223. The summed E-state index contributed by atoms with van der Waals surface area (Å²) in [6.45, 7) is -3.01. The van der Waals surface area contributed by atoms with Gasteiger partial charge in [-0.2, -0.15) is 13.9 Å². The summed E-state index contributed by atoms with van der Waals surface area (Å²) in [7, 11) is 1.28. The van der Waals surface area contributed by atoms with E-state index in [4.69, 9.17) is 25.8 Å². The molecule has 1 aliphatic rings. The number of hydrogen-bond acceptors (Lipinski definition) is 6. The largest absolute Gasteiger partial charge is 0.493 e. The second-order valence-corrected chi connectivity index (χ2v) is 5.92. The van der Waals surface area contributed by atoms with Gasteiger partial charge in [-0.1, -0.05) is 23.7 Å². The van der Waals surface area contributed by atoms with Crippen molar-refractivity contribution >= 4 is 23.7 Å². The third-order valence-corrected chi connectivity index (χ3v) is 3.93. The number of para-hydroxylation sites is 2. The molecule has 0 radical (unpaired) electrons. The zero-order valence-electron chi connectivity index (χ0n) is 14.5. The number of hydrazone groups is 1. The van der Waals surface area contributed by atoms with E-state index in [1.807, 2.05) is 0 Å². The first-order valence-electron chi connectivity index (χ1n) is 8.01. The fourth-order valence-electron chi connectivity index (χ4n) is 2.41. The van der Waals surface area contributed by atoms with Gasteiger partial charge in [-0.3, -0.25) is 4.79 Å². The molecule has 1 amide bonds. The van der Waals surface area contributed by atoms with E-state index in [0.717, 1.165) is 0 Å². The molecule has 0 saturated heterocycles. The number of ether oxygens (including phenoxy) is 4. The lowest BCUT2D eigenvalue weighted by atomic mass is 10.2. The average molecular weight is 413 g/mol. The van der Waals surface area contributed by atoms with E-state index in [9.17, 15) is 13.6 Å². The van der Waals surface area contributed by atoms with E-state index in [1.165, 1.54) is 25.5 Å². The van der Waals surface area contributed by atoms with Crippen molar-refractivity contribution in [1.29, 1.82) is 0 Å². The number of rotatable bonds is 6. The van der Waals surface area contributed by atoms with Crippen molar-refractivity contribution in [1.82, 2.24) is 5.43 Å². The van der Waals surface area contributed by atoms with Crippen LogP contribution in [0.5, 0.6) is 23.0 Å². The van der Waals surface area contributed by atoms with Gasteiger partial charge in [-0.05, 0) is 29.8 Å². The van der Waals surface area contributed by atoms with Crippen molar-refractivity contribution in [3.8, 4) is 23.0 Å². The van der Waals surface area contributed by atoms with Gasteiger partial charge in [0, 0.05) is 0 Å². The van der Waals surface area contributed by atoms with Gasteiger partial charge in [0.25, 0.3) is 5.91 Å². The Bertz CT molecular complexity index is 894. The van der Waals surface area contributed by atoms with Crippen molar-refractivity contribution in [2.24, 2.45) is 5.10 Å². The molecule has 7 nitrogen and oxygen atoms in total. The summed E-state index contributed by atoms with van der Waals surface area (Å²) < 4.78 is 45.3. The fraction of sp³-hybridized carbons (Fsp3) is 0.222. The molecule has 10 heteroatoms. The number of methoxy groups -OCH3 is 1. The lowest BCUT2D eigenvalue weighted by Gasteiger charge is -2.24. The number of benzene rings is 2. The maximum atomic E-state index is 12.4. The number of halogens is 3. The van der Waals surface area contributed by atoms with E-state index >= 15 is 0 Å². The van der Waals surface area contributed by atoms with Crippen LogP contribution in [-0.4, -0.2) is 38.6 Å². The molecule has 1 atom stereocenters. The quantitative estimate of drug-likeness (QED) is 0.582. The molecular formula is C18H15ClF2N2O5. The number of carbonyl (C=O) groups excluding carboxylic acids is 1. The Balaban J connectivity index is 1.64. The van der Waals surface area contributed by atoms with Gasteiger partial charge in [0.1, 0.15) is 6.61 Å². The minimum absolute atomic E-state index is 0.00111. The normalized spacial score (nSPS) is 15.5. The molecular weight excluding hydrogens is 398 g/mol. The van der Waals surface area contributed by atoms with Crippen LogP contribution < -0.4 is 24.4 Å². The third kappa shape index (κ3) is 4.61. The van der Waals surface area contributed by atoms with Crippen LogP contribution in [0.25, 0.3) is 0 Å². The lowest BCUT2D eigenvalue weighted by molar-refractivity contribution is -0.130. The SMILES string of the molecule is COc1cc(/C=N\NC(=O)[C@H]2COc3ccccc3O2)cc(Cl)c1OC(F)F. The highest BCUT2D eigenvalue weighted by Gasteiger charge is 2.27. The van der Waals surface area contributed by atoms with Crippen molar-refractivity contribution < 1.29 is 32.5 Å². The molecule has 1 heterocycles. The lowest BCUT2D eigenvalue weighted by Crippen LogP contribution is -2.42. The van der Waals surface area contributed by atoms with Gasteiger partial charge < -0.3 is 18.9 Å². The Labute approximate surface area is 163 Å². The predicted molar refractivity (Wildman–Crippen MR) is 96.7 cm³/mol. The molecule has 0 unspecified atom stereocenters. The van der Waals surface area contributed by atoms with Gasteiger partial charge in [-0.15, -0.1) is 0 Å². The van der Waals surface area contributed by atoms with Gasteiger partial charge >= 0.3 is 6.61 Å². The van der Waals surface area contributed by atoms with Gasteiger partial charge in [-0.25, -0.2) is 5.43 Å². The summed E-state index contributed by atoms with van der Waals surface area (Å²) in [5.41, 5.74) is 2.72. The van der Waals surface area contributed by atoms with E-state index in [0.29, 0.717) is 17.1 Å². The van der Waals surface area contributed by atoms with Crippen LogP contribution in [0.15, 0.2) is 41.5 Å². The van der Waals surface area contributed by atoms with E-state index in [1.54, 1.807) is 24.3 Å². The summed E-state index contributed by atoms with van der Waals surface area (Å²) >= 11 is 5.94. The van der Waals surface area contributed by atoms with Crippen LogP contribution in [0.2, 0.25) is 5.02 Å². The standard InChI is InChI=1S/C18H15ClF2N2O5/c1-25-14-7-10(6-11(19)16(14)28-18(20)21)8-22-23-17(24)15-9-26-12-4-2-3-5-13(12)27-15/h2-8,15,18H,9H2,1H3,(H,23,24)/b22-8-/t15-/m1/s1. The van der Waals surface area contributed by atoms with Crippen LogP contribution in [0.1, 0.15) is 5.56 Å². The Kier molecular flexibility index (Phi) is 6.15. The first kappa shape index (κ1) is 19.7. The predicted octanol–water partition coefficient (Wildman–Crippen LogP) is 3.24. The third-order valence-electron chi connectivity index (χ3n) is 3.65. The van der Waals surface area contributed by atoms with Crippen LogP contribution >= 0.6 is 11.6 Å². The van der Waals surface area contributed by atoms with Gasteiger partial charge in [0.05, 0.1) is 18.3 Å². The molecule has 0 spiro atoms. The molecule has 0 aromatic heterocycles. The van der Waals surface area contributed by atoms with E-state index in [2.05, 4.69) is 15.3 Å². The Morgan fingerprint density at radius 3 is 2.82 bits per heavy atom. The summed E-state index contributed by atoms with van der Waals surface area (Å²) in [4.78, 5) is 12.2. The molecule has 2 aromatic rings. The van der Waals surface area contributed by atoms with Crippen LogP contribution in [-0.2, 0) is 4.79 Å². The zero-order valence-corrected chi connectivity index (χ0v) is 15.3. The molecule has 148 valence electrons. The van der Waals surface area contributed by atoms with Crippen LogP contribution in [0.4, 0.5) is 8.78 Å². The summed E-state index contributed by atoms with van der Waals surface area (Å²) in [5, 5.41) is 3.73. The highest BCUT2D eigenvalue weighted by atomic mass is 35.5. The van der Waals surface area contributed by atoms with Crippen molar-refractivity contribution in [3.05, 3.63) is 47.0 Å². The molecule has 28 heavy (non-hydrogen) atoms. The second-order valence-electron chi connectivity index (χ2n) is 5.51. The number of fused-ring (bicyclic) bond motifs is 1. The number of nitrogens with one attached hydrogen (secondary N) is 1. The smallest absolute Gasteiger partial charge is 0.387 e. The number of nitrogens with zero attached hydrogens (tertiary/aromatic N) is 1. The molecule has 0 saturated carbocycles. The van der Waals surface area contributed by atoms with Crippen molar-refractivity contribution in [3.63, 3.8) is 0 Å². The van der Waals surface area contributed by atoms with Crippen LogP contribution in [0, 0.1) is 0 Å². The molecule has 3 rings (SSSR count). The molecule has 0 bridgehead atoms. The molecule has 0 aliphatic carbocycles. The second kappa shape index (κ2) is 8.75. The topological polar surface area (TPSA) is 78.4 Å². The van der Waals surface area contributed by atoms with Crippen molar-refractivity contribution in [2.45, 2.75) is 12.7 Å². The Hall–Kier alpha value is -3.07. The summed E-state index contributed by atoms with van der Waals surface area (Å²) in [6.07, 6.45) is 0.405. The number of alkyl halides is 2. The molecule has 1 aliphatic heterocycles. The maximum absolute atomic E-state index is 12.4. The average Bonchev–Trinajstić information content (AvgIpc) is 2.69. The van der Waals surface area contributed by atoms with E-state index in [-0.39, 0.29) is 23.1 Å². The number of amides is 1. The monoisotopic (exact) mass is 412 g/mol. The number of carbonyl (C=O) groups is 1. The Morgan fingerprint density at radius 1 is 1.36 bits per heavy atom. The highest BCUT2D eigenvalue weighted by molar-refractivity contribution is 6.32.